The van der Waals surface area contributed by atoms with Crippen LogP contribution in [-0.4, -0.2) is 40.6 Å². The molecule has 0 bridgehead atoms. The van der Waals surface area contributed by atoms with Crippen LogP contribution in [0.25, 0.3) is 15.9 Å². The van der Waals surface area contributed by atoms with E-state index >= 15 is 0 Å². The summed E-state index contributed by atoms with van der Waals surface area (Å²) in [5.41, 5.74) is 1.75. The number of nitrogens with zero attached hydrogens (tertiary/aromatic N) is 3. The highest BCUT2D eigenvalue weighted by molar-refractivity contribution is 7.18. The minimum absolute atomic E-state index is 0.0589. The van der Waals surface area contributed by atoms with Crippen molar-refractivity contribution in [2.24, 2.45) is 0 Å². The summed E-state index contributed by atoms with van der Waals surface area (Å²) in [6.45, 7) is 7.79. The van der Waals surface area contributed by atoms with Gasteiger partial charge in [-0.25, -0.2) is 13.9 Å². The maximum Gasteiger partial charge on any atom is 0.268 e. The number of thiophene rings is 1. The molecule has 4 rings (SSSR count). The Labute approximate surface area is 180 Å². The van der Waals surface area contributed by atoms with Crippen molar-refractivity contribution < 1.29 is 4.39 Å². The van der Waals surface area contributed by atoms with E-state index in [9.17, 15) is 9.18 Å². The lowest BCUT2D eigenvalue weighted by Crippen LogP contribution is -2.31. The number of fused-ring (bicyclic) bond motifs is 3. The Balaban J connectivity index is 1.81. The van der Waals surface area contributed by atoms with E-state index in [1.165, 1.54) is 35.4 Å². The third kappa shape index (κ3) is 4.14. The highest BCUT2D eigenvalue weighted by Gasteiger charge is 2.22. The van der Waals surface area contributed by atoms with Crippen LogP contribution in [0.5, 0.6) is 0 Å². The van der Waals surface area contributed by atoms with Crippen LogP contribution in [0.4, 0.5) is 10.3 Å². The van der Waals surface area contributed by atoms with Crippen molar-refractivity contribution in [3.63, 3.8) is 0 Å². The summed E-state index contributed by atoms with van der Waals surface area (Å²) in [6, 6.07) is 6.06. The normalized spacial score (nSPS) is 14.1. The van der Waals surface area contributed by atoms with Crippen LogP contribution < -0.4 is 10.9 Å². The van der Waals surface area contributed by atoms with Crippen LogP contribution in [0.2, 0.25) is 0 Å². The summed E-state index contributed by atoms with van der Waals surface area (Å²) in [6.07, 6.45) is 5.44. The van der Waals surface area contributed by atoms with Gasteiger partial charge in [-0.1, -0.05) is 20.3 Å². The van der Waals surface area contributed by atoms with Crippen LogP contribution in [0.15, 0.2) is 29.1 Å². The van der Waals surface area contributed by atoms with Crippen molar-refractivity contribution in [3.05, 3.63) is 50.9 Å². The molecule has 0 unspecified atom stereocenters. The summed E-state index contributed by atoms with van der Waals surface area (Å²) in [4.78, 5) is 23.0. The van der Waals surface area contributed by atoms with Crippen LogP contribution in [-0.2, 0) is 12.8 Å². The van der Waals surface area contributed by atoms with Crippen molar-refractivity contribution in [1.29, 1.82) is 0 Å². The molecule has 0 saturated carbocycles. The van der Waals surface area contributed by atoms with E-state index in [0.717, 1.165) is 49.1 Å². The molecular formula is C23H29FN4OS. The first-order valence-corrected chi connectivity index (χ1v) is 11.7. The minimum atomic E-state index is -0.318. The monoisotopic (exact) mass is 428 g/mol. The maximum absolute atomic E-state index is 13.7. The first-order chi connectivity index (χ1) is 14.6. The van der Waals surface area contributed by atoms with Gasteiger partial charge in [0.1, 0.15) is 10.6 Å². The summed E-state index contributed by atoms with van der Waals surface area (Å²) in [5.74, 6) is 0.212. The molecule has 1 aliphatic rings. The molecule has 1 aromatic carbocycles. The Morgan fingerprint density at radius 2 is 1.87 bits per heavy atom. The Morgan fingerprint density at radius 1 is 1.13 bits per heavy atom. The molecule has 1 aliphatic carbocycles. The zero-order valence-electron chi connectivity index (χ0n) is 17.7. The van der Waals surface area contributed by atoms with Crippen LogP contribution in [0.3, 0.4) is 0 Å². The van der Waals surface area contributed by atoms with Gasteiger partial charge in [-0.15, -0.1) is 11.3 Å². The van der Waals surface area contributed by atoms with E-state index in [1.807, 2.05) is 0 Å². The first kappa shape index (κ1) is 21.0. The third-order valence-electron chi connectivity index (χ3n) is 5.93. The molecule has 0 fully saturated rings. The number of aromatic nitrogens is 2. The fourth-order valence-electron chi connectivity index (χ4n) is 4.20. The smallest absolute Gasteiger partial charge is 0.268 e. The topological polar surface area (TPSA) is 50.2 Å². The number of hydrogen-bond acceptors (Lipinski definition) is 5. The molecule has 0 aliphatic heterocycles. The van der Waals surface area contributed by atoms with E-state index in [4.69, 9.17) is 4.98 Å². The van der Waals surface area contributed by atoms with Crippen molar-refractivity contribution >= 4 is 27.5 Å². The van der Waals surface area contributed by atoms with Crippen LogP contribution in [0, 0.1) is 5.82 Å². The maximum atomic E-state index is 13.7. The quantitative estimate of drug-likeness (QED) is 0.559. The molecule has 160 valence electrons. The van der Waals surface area contributed by atoms with Gasteiger partial charge in [0.2, 0.25) is 5.95 Å². The highest BCUT2D eigenvalue weighted by atomic mass is 32.1. The molecule has 0 radical (unpaired) electrons. The first-order valence-electron chi connectivity index (χ1n) is 10.9. The highest BCUT2D eigenvalue weighted by Crippen LogP contribution is 2.34. The van der Waals surface area contributed by atoms with Gasteiger partial charge in [-0.2, -0.15) is 0 Å². The fourth-order valence-corrected chi connectivity index (χ4v) is 5.45. The molecule has 1 N–H and O–H groups in total. The van der Waals surface area contributed by atoms with E-state index < -0.39 is 0 Å². The Morgan fingerprint density at radius 3 is 2.60 bits per heavy atom. The molecule has 5 nitrogen and oxygen atoms in total. The molecule has 0 amide bonds. The van der Waals surface area contributed by atoms with E-state index in [0.29, 0.717) is 18.2 Å². The van der Waals surface area contributed by atoms with Crippen LogP contribution in [0.1, 0.15) is 43.6 Å². The minimum Gasteiger partial charge on any atom is -0.354 e. The Hall–Kier alpha value is -2.25. The second-order valence-corrected chi connectivity index (χ2v) is 8.83. The largest absolute Gasteiger partial charge is 0.354 e. The van der Waals surface area contributed by atoms with Crippen LogP contribution >= 0.6 is 11.3 Å². The van der Waals surface area contributed by atoms with E-state index in [2.05, 4.69) is 24.1 Å². The number of aryl methyl sites for hydroxylation is 2. The number of hydrogen-bond donors (Lipinski definition) is 1. The van der Waals surface area contributed by atoms with Gasteiger partial charge < -0.3 is 10.2 Å². The van der Waals surface area contributed by atoms with Gasteiger partial charge in [-0.3, -0.25) is 4.79 Å². The van der Waals surface area contributed by atoms with Crippen molar-refractivity contribution in [2.45, 2.75) is 46.0 Å². The molecule has 0 spiro atoms. The van der Waals surface area contributed by atoms with Crippen molar-refractivity contribution in [1.82, 2.24) is 14.5 Å². The van der Waals surface area contributed by atoms with Gasteiger partial charge in [0.15, 0.2) is 0 Å². The average Bonchev–Trinajstić information content (AvgIpc) is 2.93. The molecule has 7 heteroatoms. The molecular weight excluding hydrogens is 399 g/mol. The van der Waals surface area contributed by atoms with E-state index in [-0.39, 0.29) is 11.4 Å². The Bertz CT molecular complexity index is 1070. The van der Waals surface area contributed by atoms with Crippen molar-refractivity contribution in [3.8, 4) is 5.69 Å². The standard InChI is InChI=1S/C23H29FN4OS/c1-3-27(4-2)15-14-25-23-26-21-20(18-8-6-5-7-9-19(18)30-21)22(29)28(23)17-12-10-16(24)11-13-17/h10-13H,3-9,14-15H2,1-2H3,(H,25,26). The van der Waals surface area contributed by atoms with Crippen molar-refractivity contribution in [2.75, 3.05) is 31.5 Å². The number of likely N-dealkylation sites (N-methyl/N-ethyl adjacent to an activating group) is 1. The number of anilines is 1. The zero-order valence-corrected chi connectivity index (χ0v) is 18.5. The van der Waals surface area contributed by atoms with E-state index in [1.54, 1.807) is 28.0 Å². The van der Waals surface area contributed by atoms with Gasteiger partial charge in [0.25, 0.3) is 5.56 Å². The van der Waals surface area contributed by atoms with Gasteiger partial charge >= 0.3 is 0 Å². The number of halogens is 1. The van der Waals surface area contributed by atoms with Gasteiger partial charge in [0.05, 0.1) is 11.1 Å². The van der Waals surface area contributed by atoms with Gasteiger partial charge in [0, 0.05) is 18.0 Å². The molecule has 0 atom stereocenters. The number of benzene rings is 1. The average molecular weight is 429 g/mol. The predicted octanol–water partition coefficient (Wildman–Crippen LogP) is 4.61. The molecule has 2 aromatic heterocycles. The molecule has 3 aromatic rings. The number of nitrogens with one attached hydrogen (secondary N) is 1. The predicted molar refractivity (Wildman–Crippen MR) is 123 cm³/mol. The molecule has 30 heavy (non-hydrogen) atoms. The fraction of sp³-hybridized carbons (Fsp3) is 0.478. The third-order valence-corrected chi connectivity index (χ3v) is 7.12. The second kappa shape index (κ2) is 9.27. The summed E-state index contributed by atoms with van der Waals surface area (Å²) in [7, 11) is 0. The zero-order chi connectivity index (χ0) is 21.1. The second-order valence-electron chi connectivity index (χ2n) is 7.75. The summed E-state index contributed by atoms with van der Waals surface area (Å²) >= 11 is 1.66. The number of rotatable bonds is 7. The molecule has 0 saturated heterocycles. The Kier molecular flexibility index (Phi) is 6.49. The van der Waals surface area contributed by atoms with Gasteiger partial charge in [-0.05, 0) is 68.6 Å². The molecule has 2 heterocycles. The lowest BCUT2D eigenvalue weighted by Gasteiger charge is -2.19. The lowest BCUT2D eigenvalue weighted by molar-refractivity contribution is 0.315. The lowest BCUT2D eigenvalue weighted by atomic mass is 10.1. The SMILES string of the molecule is CCN(CC)CCNc1nc2sc3c(c2c(=O)n1-c1ccc(F)cc1)CCCCC3. The summed E-state index contributed by atoms with van der Waals surface area (Å²) in [5, 5.41) is 4.12. The summed E-state index contributed by atoms with van der Waals surface area (Å²) < 4.78 is 15.1.